The van der Waals surface area contributed by atoms with Crippen molar-refractivity contribution in [2.75, 3.05) is 4.90 Å². The number of aromatic nitrogens is 2. The van der Waals surface area contributed by atoms with E-state index < -0.39 is 0 Å². The second-order valence-corrected chi connectivity index (χ2v) is 5.01. The van der Waals surface area contributed by atoms with Gasteiger partial charge in [-0.05, 0) is 17.7 Å². The fraction of sp³-hybridized carbons (Fsp3) is 0.0556. The van der Waals surface area contributed by atoms with Gasteiger partial charge in [-0.2, -0.15) is 0 Å². The van der Waals surface area contributed by atoms with Crippen LogP contribution >= 0.6 is 0 Å². The minimum atomic E-state index is -0.351. The first-order chi connectivity index (χ1) is 11.2. The van der Waals surface area contributed by atoms with Crippen molar-refractivity contribution < 1.29 is 4.79 Å². The maximum absolute atomic E-state index is 12.8. The number of carbonyl (C=O) groups is 1. The molecule has 0 spiro atoms. The van der Waals surface area contributed by atoms with Crippen LogP contribution in [0.3, 0.4) is 0 Å². The predicted molar refractivity (Wildman–Crippen MR) is 88.3 cm³/mol. The van der Waals surface area contributed by atoms with Crippen LogP contribution < -0.4 is 10.5 Å². The molecule has 0 bridgehead atoms. The number of para-hydroxylation sites is 1. The molecule has 1 N–H and O–H groups in total. The van der Waals surface area contributed by atoms with E-state index in [0.29, 0.717) is 6.54 Å². The summed E-state index contributed by atoms with van der Waals surface area (Å²) in [6.07, 6.45) is 1.24. The largest absolute Gasteiger partial charge is 0.313 e. The molecule has 23 heavy (non-hydrogen) atoms. The van der Waals surface area contributed by atoms with Crippen LogP contribution in [-0.4, -0.2) is 15.9 Å². The molecule has 3 rings (SSSR count). The van der Waals surface area contributed by atoms with E-state index >= 15 is 0 Å². The minimum Gasteiger partial charge on any atom is -0.313 e. The standard InChI is InChI=1S/C18H15N3O2/c22-17-11-16(19-13-20-17)18(23)21(15-9-5-2-6-10-15)12-14-7-3-1-4-8-14/h1-11,13H,12H2,(H,19,20,22). The molecule has 1 amide bonds. The Kier molecular flexibility index (Phi) is 4.29. The molecule has 0 atom stereocenters. The fourth-order valence-corrected chi connectivity index (χ4v) is 2.28. The number of anilines is 1. The summed E-state index contributed by atoms with van der Waals surface area (Å²) >= 11 is 0. The molecule has 1 aromatic heterocycles. The van der Waals surface area contributed by atoms with E-state index in [9.17, 15) is 9.59 Å². The lowest BCUT2D eigenvalue weighted by Gasteiger charge is -2.22. The monoisotopic (exact) mass is 305 g/mol. The van der Waals surface area contributed by atoms with Crippen molar-refractivity contribution >= 4 is 11.6 Å². The highest BCUT2D eigenvalue weighted by Crippen LogP contribution is 2.18. The topological polar surface area (TPSA) is 66.1 Å². The Morgan fingerprint density at radius 3 is 2.30 bits per heavy atom. The number of H-pyrrole nitrogens is 1. The zero-order chi connectivity index (χ0) is 16.1. The Hall–Kier alpha value is -3.21. The highest BCUT2D eigenvalue weighted by molar-refractivity contribution is 6.04. The number of rotatable bonds is 4. The van der Waals surface area contributed by atoms with Crippen LogP contribution in [0.15, 0.2) is 77.9 Å². The number of benzene rings is 2. The van der Waals surface area contributed by atoms with Gasteiger partial charge in [0.1, 0.15) is 5.69 Å². The lowest BCUT2D eigenvalue weighted by Crippen LogP contribution is -2.32. The number of carbonyl (C=O) groups excluding carboxylic acids is 1. The van der Waals surface area contributed by atoms with Gasteiger partial charge >= 0.3 is 0 Å². The molecule has 0 saturated heterocycles. The highest BCUT2D eigenvalue weighted by atomic mass is 16.2. The van der Waals surface area contributed by atoms with Crippen molar-refractivity contribution in [3.63, 3.8) is 0 Å². The van der Waals surface area contributed by atoms with Gasteiger partial charge in [-0.3, -0.25) is 9.59 Å². The molecule has 0 aliphatic carbocycles. The normalized spacial score (nSPS) is 10.3. The molecule has 3 aromatic rings. The van der Waals surface area contributed by atoms with Gasteiger partial charge in [0.2, 0.25) is 0 Å². The second-order valence-electron chi connectivity index (χ2n) is 5.01. The van der Waals surface area contributed by atoms with Crippen LogP contribution in [-0.2, 0) is 6.54 Å². The summed E-state index contributed by atoms with van der Waals surface area (Å²) < 4.78 is 0. The maximum atomic E-state index is 12.8. The molecule has 0 unspecified atom stereocenters. The van der Waals surface area contributed by atoms with E-state index in [1.54, 1.807) is 4.90 Å². The molecule has 114 valence electrons. The Balaban J connectivity index is 1.98. The quantitative estimate of drug-likeness (QED) is 0.805. The lowest BCUT2D eigenvalue weighted by atomic mass is 10.2. The minimum absolute atomic E-state index is 0.119. The Bertz CT molecular complexity index is 845. The van der Waals surface area contributed by atoms with Crippen LogP contribution in [0, 0.1) is 0 Å². The molecule has 1 heterocycles. The molecule has 0 saturated carbocycles. The second kappa shape index (κ2) is 6.70. The maximum Gasteiger partial charge on any atom is 0.277 e. The first-order valence-electron chi connectivity index (χ1n) is 7.19. The van der Waals surface area contributed by atoms with E-state index in [0.717, 1.165) is 11.3 Å². The van der Waals surface area contributed by atoms with Crippen LogP contribution in [0.25, 0.3) is 0 Å². The number of nitrogens with zero attached hydrogens (tertiary/aromatic N) is 2. The van der Waals surface area contributed by atoms with Crippen molar-refractivity contribution in [2.45, 2.75) is 6.54 Å². The van der Waals surface area contributed by atoms with Crippen molar-refractivity contribution in [1.29, 1.82) is 0 Å². The Labute approximate surface area is 133 Å². The van der Waals surface area contributed by atoms with Crippen LogP contribution in [0.4, 0.5) is 5.69 Å². The van der Waals surface area contributed by atoms with E-state index in [1.165, 1.54) is 12.4 Å². The predicted octanol–water partition coefficient (Wildman–Crippen LogP) is 2.62. The summed E-state index contributed by atoms with van der Waals surface area (Å²) in [6.45, 7) is 0.401. The number of amides is 1. The summed E-state index contributed by atoms with van der Waals surface area (Å²) in [5.41, 5.74) is 1.52. The first-order valence-corrected chi connectivity index (χ1v) is 7.19. The third kappa shape index (κ3) is 3.52. The summed E-state index contributed by atoms with van der Waals surface area (Å²) in [6, 6.07) is 20.2. The average molecular weight is 305 g/mol. The fourth-order valence-electron chi connectivity index (χ4n) is 2.28. The smallest absolute Gasteiger partial charge is 0.277 e. The van der Waals surface area contributed by atoms with Crippen molar-refractivity contribution in [3.8, 4) is 0 Å². The van der Waals surface area contributed by atoms with Crippen LogP contribution in [0.1, 0.15) is 16.1 Å². The van der Waals surface area contributed by atoms with Crippen LogP contribution in [0.5, 0.6) is 0 Å². The molecule has 0 aliphatic rings. The van der Waals surface area contributed by atoms with Gasteiger partial charge in [0, 0.05) is 11.8 Å². The number of nitrogens with one attached hydrogen (secondary N) is 1. The number of hydrogen-bond donors (Lipinski definition) is 1. The molecule has 0 aliphatic heterocycles. The van der Waals surface area contributed by atoms with Crippen LogP contribution in [0.2, 0.25) is 0 Å². The molecule has 0 fully saturated rings. The average Bonchev–Trinajstić information content (AvgIpc) is 2.61. The molecule has 0 radical (unpaired) electrons. The zero-order valence-electron chi connectivity index (χ0n) is 12.3. The van der Waals surface area contributed by atoms with Gasteiger partial charge in [0.05, 0.1) is 12.9 Å². The molecular formula is C18H15N3O2. The first kappa shape index (κ1) is 14.7. The van der Waals surface area contributed by atoms with Gasteiger partial charge < -0.3 is 9.88 Å². The van der Waals surface area contributed by atoms with E-state index in [1.807, 2.05) is 60.7 Å². The highest BCUT2D eigenvalue weighted by Gasteiger charge is 2.19. The molecule has 5 nitrogen and oxygen atoms in total. The van der Waals surface area contributed by atoms with Crippen molar-refractivity contribution in [3.05, 3.63) is 94.7 Å². The number of hydrogen-bond acceptors (Lipinski definition) is 3. The van der Waals surface area contributed by atoms with Gasteiger partial charge in [0.25, 0.3) is 11.5 Å². The van der Waals surface area contributed by atoms with Gasteiger partial charge in [-0.15, -0.1) is 0 Å². The summed E-state index contributed by atoms with van der Waals surface area (Å²) in [5.74, 6) is -0.314. The summed E-state index contributed by atoms with van der Waals surface area (Å²) in [7, 11) is 0. The molecular weight excluding hydrogens is 290 g/mol. The van der Waals surface area contributed by atoms with Crippen molar-refractivity contribution in [1.82, 2.24) is 9.97 Å². The third-order valence-electron chi connectivity index (χ3n) is 3.39. The van der Waals surface area contributed by atoms with Gasteiger partial charge in [-0.1, -0.05) is 48.5 Å². The molecule has 5 heteroatoms. The zero-order valence-corrected chi connectivity index (χ0v) is 12.3. The lowest BCUT2D eigenvalue weighted by molar-refractivity contribution is 0.0980. The summed E-state index contributed by atoms with van der Waals surface area (Å²) in [4.78, 5) is 32.3. The Morgan fingerprint density at radius 1 is 1.00 bits per heavy atom. The van der Waals surface area contributed by atoms with E-state index in [2.05, 4.69) is 9.97 Å². The van der Waals surface area contributed by atoms with Gasteiger partial charge in [-0.25, -0.2) is 4.98 Å². The molecule has 2 aromatic carbocycles. The van der Waals surface area contributed by atoms with Gasteiger partial charge in [0.15, 0.2) is 0 Å². The third-order valence-corrected chi connectivity index (χ3v) is 3.39. The van der Waals surface area contributed by atoms with Crippen molar-refractivity contribution in [2.24, 2.45) is 0 Å². The van der Waals surface area contributed by atoms with E-state index in [-0.39, 0.29) is 17.2 Å². The Morgan fingerprint density at radius 2 is 1.65 bits per heavy atom. The number of aromatic amines is 1. The SMILES string of the molecule is O=C(c1cc(=O)[nH]cn1)N(Cc1ccccc1)c1ccccc1. The van der Waals surface area contributed by atoms with E-state index in [4.69, 9.17) is 0 Å². The summed E-state index contributed by atoms with van der Waals surface area (Å²) in [5, 5.41) is 0.